The van der Waals surface area contributed by atoms with Crippen molar-refractivity contribution in [3.05, 3.63) is 24.5 Å². The standard InChI is InChI=1S/C14H13N7OS3/c1-8(22)16-12-18-20-14(25-12)23-7-10-6-21-11(17-19-13(21)24-10)9-3-2-4-15-5-9/h2-5,10H,6-7H2,1H3,(H,16,18,22)/t10-/m0/s1. The van der Waals surface area contributed by atoms with Crippen molar-refractivity contribution in [3.63, 3.8) is 0 Å². The number of carbonyl (C=O) groups is 1. The molecule has 128 valence electrons. The Hall–Kier alpha value is -1.98. The molecule has 0 aromatic carbocycles. The van der Waals surface area contributed by atoms with E-state index in [4.69, 9.17) is 0 Å². The van der Waals surface area contributed by atoms with E-state index in [-0.39, 0.29) is 5.91 Å². The number of hydrogen-bond acceptors (Lipinski definition) is 9. The second-order valence-electron chi connectivity index (χ2n) is 5.26. The summed E-state index contributed by atoms with van der Waals surface area (Å²) >= 11 is 4.75. The summed E-state index contributed by atoms with van der Waals surface area (Å²) in [6.07, 6.45) is 3.55. The number of anilines is 1. The molecule has 3 aromatic rings. The van der Waals surface area contributed by atoms with Gasteiger partial charge in [0, 0.05) is 42.4 Å². The lowest BCUT2D eigenvalue weighted by molar-refractivity contribution is -0.114. The number of amides is 1. The summed E-state index contributed by atoms with van der Waals surface area (Å²) < 4.78 is 2.98. The minimum Gasteiger partial charge on any atom is -0.301 e. The van der Waals surface area contributed by atoms with Gasteiger partial charge < -0.3 is 9.88 Å². The Balaban J connectivity index is 1.39. The van der Waals surface area contributed by atoms with Crippen molar-refractivity contribution in [1.29, 1.82) is 0 Å². The van der Waals surface area contributed by atoms with Gasteiger partial charge in [-0.2, -0.15) is 0 Å². The lowest BCUT2D eigenvalue weighted by Gasteiger charge is -2.07. The number of thioether (sulfide) groups is 2. The maximum absolute atomic E-state index is 11.0. The fraction of sp³-hybridized carbons (Fsp3) is 0.286. The van der Waals surface area contributed by atoms with Crippen LogP contribution < -0.4 is 5.32 Å². The quantitative estimate of drug-likeness (QED) is 0.523. The summed E-state index contributed by atoms with van der Waals surface area (Å²) in [5.41, 5.74) is 0.972. The van der Waals surface area contributed by atoms with Crippen molar-refractivity contribution < 1.29 is 4.79 Å². The van der Waals surface area contributed by atoms with E-state index in [1.807, 2.05) is 12.1 Å². The van der Waals surface area contributed by atoms with E-state index in [1.54, 1.807) is 35.9 Å². The second-order valence-corrected chi connectivity index (χ2v) is 8.78. The average molecular weight is 392 g/mol. The predicted octanol–water partition coefficient (Wildman–Crippen LogP) is 2.42. The predicted molar refractivity (Wildman–Crippen MR) is 97.8 cm³/mol. The summed E-state index contributed by atoms with van der Waals surface area (Å²) in [5, 5.41) is 21.1. The molecule has 4 heterocycles. The van der Waals surface area contributed by atoms with Gasteiger partial charge in [0.15, 0.2) is 15.3 Å². The number of fused-ring (bicyclic) bond motifs is 1. The molecule has 25 heavy (non-hydrogen) atoms. The van der Waals surface area contributed by atoms with Gasteiger partial charge in [-0.1, -0.05) is 34.9 Å². The lowest BCUT2D eigenvalue weighted by atomic mass is 10.2. The number of nitrogens with one attached hydrogen (secondary N) is 1. The lowest BCUT2D eigenvalue weighted by Crippen LogP contribution is -2.09. The van der Waals surface area contributed by atoms with Crippen LogP contribution in [0.4, 0.5) is 5.13 Å². The van der Waals surface area contributed by atoms with Crippen LogP contribution >= 0.6 is 34.9 Å². The number of hydrogen-bond donors (Lipinski definition) is 1. The fourth-order valence-electron chi connectivity index (χ4n) is 2.36. The summed E-state index contributed by atoms with van der Waals surface area (Å²) in [6.45, 7) is 2.31. The maximum atomic E-state index is 11.0. The summed E-state index contributed by atoms with van der Waals surface area (Å²) in [6, 6.07) is 3.89. The first-order valence-electron chi connectivity index (χ1n) is 7.43. The summed E-state index contributed by atoms with van der Waals surface area (Å²) in [4.78, 5) is 15.2. The number of rotatable bonds is 5. The van der Waals surface area contributed by atoms with Gasteiger partial charge in [-0.25, -0.2) is 0 Å². The number of pyridine rings is 1. The first kappa shape index (κ1) is 16.5. The highest BCUT2D eigenvalue weighted by molar-refractivity contribution is 8.04. The van der Waals surface area contributed by atoms with Crippen molar-refractivity contribution in [2.75, 3.05) is 11.1 Å². The minimum atomic E-state index is -0.139. The molecule has 3 aromatic heterocycles. The van der Waals surface area contributed by atoms with E-state index in [0.29, 0.717) is 10.4 Å². The Labute approximate surface area is 155 Å². The zero-order chi connectivity index (χ0) is 17.2. The van der Waals surface area contributed by atoms with Gasteiger partial charge in [-0.05, 0) is 12.1 Å². The Morgan fingerprint density at radius 1 is 1.40 bits per heavy atom. The van der Waals surface area contributed by atoms with Gasteiger partial charge in [-0.3, -0.25) is 9.78 Å². The molecule has 11 heteroatoms. The Bertz CT molecular complexity index is 895. The van der Waals surface area contributed by atoms with Crippen LogP contribution in [0.15, 0.2) is 34.0 Å². The molecule has 0 radical (unpaired) electrons. The first-order valence-corrected chi connectivity index (χ1v) is 10.1. The van der Waals surface area contributed by atoms with Crippen LogP contribution in [0.2, 0.25) is 0 Å². The Kier molecular flexibility index (Phi) is 4.68. The van der Waals surface area contributed by atoms with Gasteiger partial charge in [-0.15, -0.1) is 20.4 Å². The average Bonchev–Trinajstić information content (AvgIpc) is 3.28. The van der Waals surface area contributed by atoms with E-state index in [9.17, 15) is 4.79 Å². The third-order valence-electron chi connectivity index (χ3n) is 3.38. The molecule has 0 bridgehead atoms. The second kappa shape index (κ2) is 7.10. The molecule has 0 saturated heterocycles. The van der Waals surface area contributed by atoms with E-state index < -0.39 is 0 Å². The van der Waals surface area contributed by atoms with Gasteiger partial charge in [0.25, 0.3) is 0 Å². The van der Waals surface area contributed by atoms with Crippen LogP contribution in [0.3, 0.4) is 0 Å². The zero-order valence-electron chi connectivity index (χ0n) is 13.1. The van der Waals surface area contributed by atoms with Crippen molar-refractivity contribution >= 4 is 45.9 Å². The fourth-order valence-corrected chi connectivity index (χ4v) is 5.47. The molecule has 0 unspecified atom stereocenters. The molecule has 1 aliphatic rings. The molecule has 0 saturated carbocycles. The van der Waals surface area contributed by atoms with Crippen molar-refractivity contribution in [1.82, 2.24) is 29.9 Å². The molecule has 0 spiro atoms. The van der Waals surface area contributed by atoms with Crippen LogP contribution in [-0.4, -0.2) is 46.9 Å². The van der Waals surface area contributed by atoms with Gasteiger partial charge in [0.2, 0.25) is 11.0 Å². The molecular formula is C14H13N7OS3. The number of aromatic nitrogens is 6. The van der Waals surface area contributed by atoms with Gasteiger partial charge in [0.05, 0.1) is 0 Å². The highest BCUT2D eigenvalue weighted by Crippen LogP contribution is 2.37. The largest absolute Gasteiger partial charge is 0.301 e. The molecule has 0 aliphatic carbocycles. The van der Waals surface area contributed by atoms with E-state index in [2.05, 4.69) is 35.3 Å². The van der Waals surface area contributed by atoms with Crippen LogP contribution in [0.1, 0.15) is 6.92 Å². The molecule has 8 nitrogen and oxygen atoms in total. The molecule has 4 rings (SSSR count). The van der Waals surface area contributed by atoms with E-state index >= 15 is 0 Å². The first-order chi connectivity index (χ1) is 12.2. The number of carbonyl (C=O) groups excluding carboxylic acids is 1. The maximum Gasteiger partial charge on any atom is 0.223 e. The summed E-state index contributed by atoms with van der Waals surface area (Å²) in [5.74, 6) is 1.60. The van der Waals surface area contributed by atoms with Gasteiger partial charge in [0.1, 0.15) is 0 Å². The SMILES string of the molecule is CC(=O)Nc1nnc(SC[C@@H]2Cn3c(nnc3-c3cccnc3)S2)s1. The Morgan fingerprint density at radius 3 is 3.12 bits per heavy atom. The smallest absolute Gasteiger partial charge is 0.223 e. The van der Waals surface area contributed by atoms with Crippen LogP contribution in [0, 0.1) is 0 Å². The number of nitrogens with zero attached hydrogens (tertiary/aromatic N) is 6. The minimum absolute atomic E-state index is 0.139. The molecule has 0 fully saturated rings. The van der Waals surface area contributed by atoms with Crippen molar-refractivity contribution in [2.45, 2.75) is 28.2 Å². The van der Waals surface area contributed by atoms with E-state index in [1.165, 1.54) is 18.3 Å². The third kappa shape index (κ3) is 3.67. The normalized spacial score (nSPS) is 16.0. The zero-order valence-corrected chi connectivity index (χ0v) is 15.6. The molecule has 1 atom stereocenters. The molecule has 1 N–H and O–H groups in total. The van der Waals surface area contributed by atoms with E-state index in [0.717, 1.165) is 33.2 Å². The van der Waals surface area contributed by atoms with Crippen LogP contribution in [0.25, 0.3) is 11.4 Å². The van der Waals surface area contributed by atoms with Crippen molar-refractivity contribution in [3.8, 4) is 11.4 Å². The highest BCUT2D eigenvalue weighted by Gasteiger charge is 2.28. The highest BCUT2D eigenvalue weighted by atomic mass is 32.2. The monoisotopic (exact) mass is 391 g/mol. The topological polar surface area (TPSA) is 98.5 Å². The Morgan fingerprint density at radius 2 is 2.32 bits per heavy atom. The molecule has 1 amide bonds. The third-order valence-corrected chi connectivity index (χ3v) is 6.88. The van der Waals surface area contributed by atoms with Crippen LogP contribution in [0.5, 0.6) is 0 Å². The van der Waals surface area contributed by atoms with Crippen LogP contribution in [-0.2, 0) is 11.3 Å². The van der Waals surface area contributed by atoms with Crippen molar-refractivity contribution in [2.24, 2.45) is 0 Å². The molecule has 1 aliphatic heterocycles. The summed E-state index contributed by atoms with van der Waals surface area (Å²) in [7, 11) is 0. The van der Waals surface area contributed by atoms with Gasteiger partial charge >= 0.3 is 0 Å². The molecular weight excluding hydrogens is 378 g/mol.